The van der Waals surface area contributed by atoms with E-state index in [4.69, 9.17) is 0 Å². The Morgan fingerprint density at radius 1 is 1.37 bits per heavy atom. The lowest BCUT2D eigenvalue weighted by atomic mass is 10.3. The fourth-order valence-corrected chi connectivity index (χ4v) is 5.05. The fourth-order valence-electron chi connectivity index (χ4n) is 2.10. The average Bonchev–Trinajstić information content (AvgIpc) is 3.11. The smallest absolute Gasteiger partial charge is 0.250 e. The van der Waals surface area contributed by atoms with E-state index in [1.54, 1.807) is 35.0 Å². The largest absolute Gasteiger partial charge is 0.346 e. The molecule has 1 aliphatic rings. The van der Waals surface area contributed by atoms with Crippen molar-refractivity contribution in [1.82, 2.24) is 9.71 Å². The molecule has 19 heavy (non-hydrogen) atoms. The number of nitrogens with zero attached hydrogens (tertiary/aromatic N) is 2. The Morgan fingerprint density at radius 3 is 2.95 bits per heavy atom. The van der Waals surface area contributed by atoms with Crippen LogP contribution in [0, 0.1) is 0 Å². The Kier molecular flexibility index (Phi) is 3.57. The van der Waals surface area contributed by atoms with E-state index in [0.29, 0.717) is 10.8 Å². The zero-order chi connectivity index (χ0) is 13.3. The van der Waals surface area contributed by atoms with E-state index >= 15 is 0 Å². The second-order valence-corrected chi connectivity index (χ2v) is 8.06. The van der Waals surface area contributed by atoms with Crippen LogP contribution in [0.3, 0.4) is 0 Å². The molecular weight excluding hydrogens is 302 g/mol. The summed E-state index contributed by atoms with van der Waals surface area (Å²) in [4.78, 5) is 6.37. The zero-order valence-corrected chi connectivity index (χ0v) is 12.5. The van der Waals surface area contributed by atoms with Crippen molar-refractivity contribution in [3.05, 3.63) is 29.1 Å². The molecule has 1 N–H and O–H groups in total. The molecule has 0 saturated carbocycles. The molecule has 1 atom stereocenters. The van der Waals surface area contributed by atoms with Crippen LogP contribution < -0.4 is 9.62 Å². The van der Waals surface area contributed by atoms with Crippen LogP contribution in [0.15, 0.2) is 33.3 Å². The van der Waals surface area contributed by atoms with Crippen molar-refractivity contribution in [3.63, 3.8) is 0 Å². The first-order chi connectivity index (χ1) is 9.15. The minimum absolute atomic E-state index is 0.0454. The van der Waals surface area contributed by atoms with Crippen LogP contribution in [0.1, 0.15) is 6.42 Å². The Hall–Kier alpha value is -0.960. The molecule has 0 radical (unpaired) electrons. The highest BCUT2D eigenvalue weighted by Gasteiger charge is 2.28. The molecule has 1 aliphatic heterocycles. The molecule has 2 aromatic rings. The van der Waals surface area contributed by atoms with E-state index in [2.05, 4.69) is 14.6 Å². The molecule has 0 spiro atoms. The summed E-state index contributed by atoms with van der Waals surface area (Å²) >= 11 is 2.82. The minimum atomic E-state index is -3.37. The lowest BCUT2D eigenvalue weighted by Gasteiger charge is -2.15. The van der Waals surface area contributed by atoms with Gasteiger partial charge in [-0.3, -0.25) is 0 Å². The van der Waals surface area contributed by atoms with Crippen LogP contribution in [-0.2, 0) is 10.0 Å². The third-order valence-corrected chi connectivity index (χ3v) is 6.71. The summed E-state index contributed by atoms with van der Waals surface area (Å²) in [6, 6.07) is 3.33. The van der Waals surface area contributed by atoms with Crippen molar-refractivity contribution < 1.29 is 8.42 Å². The first-order valence-electron chi connectivity index (χ1n) is 5.85. The SMILES string of the molecule is O=S(=O)(N[C@@H]1CCN(c2nccs2)C1)c1cccs1. The van der Waals surface area contributed by atoms with Crippen molar-refractivity contribution in [2.45, 2.75) is 16.7 Å². The predicted octanol–water partition coefficient (Wildman–Crippen LogP) is 1.76. The number of hydrogen-bond donors (Lipinski definition) is 1. The van der Waals surface area contributed by atoms with Gasteiger partial charge in [-0.15, -0.1) is 22.7 Å². The van der Waals surface area contributed by atoms with Gasteiger partial charge in [-0.2, -0.15) is 0 Å². The molecule has 3 rings (SSSR count). The highest BCUT2D eigenvalue weighted by atomic mass is 32.2. The summed E-state index contributed by atoms with van der Waals surface area (Å²) in [5.41, 5.74) is 0. The van der Waals surface area contributed by atoms with Crippen LogP contribution in [0.4, 0.5) is 5.13 Å². The topological polar surface area (TPSA) is 62.3 Å². The Bertz CT molecular complexity index is 622. The maximum absolute atomic E-state index is 12.1. The first kappa shape index (κ1) is 13.0. The van der Waals surface area contributed by atoms with Gasteiger partial charge in [0.25, 0.3) is 0 Å². The lowest BCUT2D eigenvalue weighted by molar-refractivity contribution is 0.563. The molecule has 0 aromatic carbocycles. The van der Waals surface area contributed by atoms with Gasteiger partial charge >= 0.3 is 0 Å². The standard InChI is InChI=1S/C11H13N3O2S3/c15-19(16,10-2-1-6-17-10)13-9-3-5-14(8-9)11-12-4-7-18-11/h1-2,4,6-7,9,13H,3,5,8H2/t9-/m1/s1. The molecule has 0 amide bonds. The van der Waals surface area contributed by atoms with Gasteiger partial charge in [-0.25, -0.2) is 18.1 Å². The average molecular weight is 315 g/mol. The van der Waals surface area contributed by atoms with E-state index in [9.17, 15) is 8.42 Å². The van der Waals surface area contributed by atoms with Crippen molar-refractivity contribution in [2.75, 3.05) is 18.0 Å². The normalized spacial score (nSPS) is 20.0. The summed E-state index contributed by atoms with van der Waals surface area (Å²) in [5, 5.41) is 4.65. The number of aromatic nitrogens is 1. The number of sulfonamides is 1. The molecule has 0 bridgehead atoms. The van der Waals surface area contributed by atoms with Gasteiger partial charge < -0.3 is 4.90 Å². The van der Waals surface area contributed by atoms with E-state index < -0.39 is 10.0 Å². The van der Waals surface area contributed by atoms with Crippen LogP contribution in [0.5, 0.6) is 0 Å². The molecule has 8 heteroatoms. The number of thiophene rings is 1. The predicted molar refractivity (Wildman–Crippen MR) is 77.4 cm³/mol. The molecule has 2 aromatic heterocycles. The summed E-state index contributed by atoms with van der Waals surface area (Å²) < 4.78 is 27.4. The quantitative estimate of drug-likeness (QED) is 0.934. The highest BCUT2D eigenvalue weighted by Crippen LogP contribution is 2.24. The highest BCUT2D eigenvalue weighted by molar-refractivity contribution is 7.91. The summed E-state index contributed by atoms with van der Waals surface area (Å²) in [5.74, 6) is 0. The molecule has 5 nitrogen and oxygen atoms in total. The van der Waals surface area contributed by atoms with Crippen molar-refractivity contribution in [1.29, 1.82) is 0 Å². The number of rotatable bonds is 4. The van der Waals surface area contributed by atoms with Gasteiger partial charge in [-0.05, 0) is 17.9 Å². The van der Waals surface area contributed by atoms with Crippen molar-refractivity contribution >= 4 is 37.8 Å². The number of thiazole rings is 1. The number of hydrogen-bond acceptors (Lipinski definition) is 6. The first-order valence-corrected chi connectivity index (χ1v) is 9.10. The van der Waals surface area contributed by atoms with Gasteiger partial charge in [0.05, 0.1) is 0 Å². The third-order valence-electron chi connectivity index (χ3n) is 2.96. The van der Waals surface area contributed by atoms with Gasteiger partial charge in [0.1, 0.15) is 4.21 Å². The molecule has 0 unspecified atom stereocenters. The zero-order valence-electron chi connectivity index (χ0n) is 10.0. The maximum Gasteiger partial charge on any atom is 0.250 e. The van der Waals surface area contributed by atoms with Crippen LogP contribution in [-0.4, -0.2) is 32.5 Å². The van der Waals surface area contributed by atoms with Crippen molar-refractivity contribution in [3.8, 4) is 0 Å². The van der Waals surface area contributed by atoms with Gasteiger partial charge in [0.15, 0.2) is 5.13 Å². The second kappa shape index (κ2) is 5.20. The Morgan fingerprint density at radius 2 is 2.26 bits per heavy atom. The molecule has 0 aliphatic carbocycles. The van der Waals surface area contributed by atoms with Gasteiger partial charge in [0, 0.05) is 30.7 Å². The molecular formula is C11H13N3O2S3. The lowest BCUT2D eigenvalue weighted by Crippen LogP contribution is -2.36. The molecule has 1 fully saturated rings. The Labute approximate surface area is 120 Å². The summed E-state index contributed by atoms with van der Waals surface area (Å²) in [6.07, 6.45) is 2.58. The maximum atomic E-state index is 12.1. The minimum Gasteiger partial charge on any atom is -0.346 e. The summed E-state index contributed by atoms with van der Waals surface area (Å²) in [6.45, 7) is 1.52. The van der Waals surface area contributed by atoms with Crippen LogP contribution >= 0.6 is 22.7 Å². The van der Waals surface area contributed by atoms with Gasteiger partial charge in [0.2, 0.25) is 10.0 Å². The summed E-state index contributed by atoms with van der Waals surface area (Å²) in [7, 11) is -3.37. The number of nitrogens with one attached hydrogen (secondary N) is 1. The second-order valence-electron chi connectivity index (χ2n) is 4.30. The van der Waals surface area contributed by atoms with Crippen LogP contribution in [0.2, 0.25) is 0 Å². The molecule has 3 heterocycles. The van der Waals surface area contributed by atoms with E-state index in [1.165, 1.54) is 11.3 Å². The van der Waals surface area contributed by atoms with Gasteiger partial charge in [-0.1, -0.05) is 6.07 Å². The van der Waals surface area contributed by atoms with E-state index in [0.717, 1.165) is 18.1 Å². The molecule has 1 saturated heterocycles. The van der Waals surface area contributed by atoms with Crippen molar-refractivity contribution in [2.24, 2.45) is 0 Å². The third kappa shape index (κ3) is 2.81. The van der Waals surface area contributed by atoms with E-state index in [1.807, 2.05) is 5.38 Å². The number of anilines is 1. The Balaban J connectivity index is 1.66. The van der Waals surface area contributed by atoms with Crippen LogP contribution in [0.25, 0.3) is 0 Å². The van der Waals surface area contributed by atoms with E-state index in [-0.39, 0.29) is 6.04 Å². The fraction of sp³-hybridized carbons (Fsp3) is 0.364. The molecule has 102 valence electrons. The monoisotopic (exact) mass is 315 g/mol.